The molecule has 1 saturated heterocycles. The van der Waals surface area contributed by atoms with Gasteiger partial charge < -0.3 is 9.47 Å². The average Bonchev–Trinajstić information content (AvgIpc) is 3.13. The van der Waals surface area contributed by atoms with Crippen LogP contribution in [0.3, 0.4) is 0 Å². The van der Waals surface area contributed by atoms with Crippen molar-refractivity contribution in [3.8, 4) is 11.5 Å². The lowest BCUT2D eigenvalue weighted by Crippen LogP contribution is -2.27. The van der Waals surface area contributed by atoms with Crippen LogP contribution in [0, 0.1) is 0 Å². The zero-order valence-electron chi connectivity index (χ0n) is 19.1. The molecule has 1 aliphatic heterocycles. The van der Waals surface area contributed by atoms with E-state index in [2.05, 4.69) is 19.1 Å². The number of aryl methyl sites for hydroxylation is 1. The van der Waals surface area contributed by atoms with Crippen molar-refractivity contribution in [2.24, 2.45) is 0 Å². The van der Waals surface area contributed by atoms with Gasteiger partial charge in [0.2, 0.25) is 0 Å². The summed E-state index contributed by atoms with van der Waals surface area (Å²) in [6, 6.07) is 25.8. The maximum Gasteiger partial charge on any atom is 0.266 e. The molecule has 0 atom stereocenters. The standard InChI is InChI=1S/C28H27NO3S2/c1-2-21-9-13-24(14-10-21)31-17-6-18-32-25-15-11-22(12-16-25)19-26-27(30)29(28(33)34-26)20-23-7-4-3-5-8-23/h3-5,7-16,19H,2,6,17-18,20H2,1H3. The Morgan fingerprint density at radius 1 is 0.853 bits per heavy atom. The van der Waals surface area contributed by atoms with Crippen molar-refractivity contribution in [3.05, 3.63) is 100 Å². The number of carbonyl (C=O) groups is 1. The van der Waals surface area contributed by atoms with Gasteiger partial charge in [-0.25, -0.2) is 0 Å². The lowest BCUT2D eigenvalue weighted by molar-refractivity contribution is -0.122. The SMILES string of the molecule is CCc1ccc(OCCCOc2ccc(C=C3SC(=S)N(Cc4ccccc4)C3=O)cc2)cc1. The van der Waals surface area contributed by atoms with Gasteiger partial charge in [-0.05, 0) is 53.5 Å². The van der Waals surface area contributed by atoms with E-state index in [4.69, 9.17) is 21.7 Å². The van der Waals surface area contributed by atoms with Crippen molar-refractivity contribution in [2.75, 3.05) is 13.2 Å². The van der Waals surface area contributed by atoms with Crippen LogP contribution in [0.25, 0.3) is 6.08 Å². The number of thioether (sulfide) groups is 1. The van der Waals surface area contributed by atoms with Crippen molar-refractivity contribution >= 4 is 40.3 Å². The highest BCUT2D eigenvalue weighted by Gasteiger charge is 2.31. The zero-order valence-corrected chi connectivity index (χ0v) is 20.7. The van der Waals surface area contributed by atoms with Gasteiger partial charge in [0.25, 0.3) is 5.91 Å². The molecule has 6 heteroatoms. The third kappa shape index (κ3) is 6.49. The molecule has 3 aromatic carbocycles. The topological polar surface area (TPSA) is 38.8 Å². The minimum Gasteiger partial charge on any atom is -0.493 e. The first-order valence-electron chi connectivity index (χ1n) is 11.4. The molecule has 0 spiro atoms. The molecule has 1 aliphatic rings. The van der Waals surface area contributed by atoms with E-state index in [1.165, 1.54) is 17.3 Å². The van der Waals surface area contributed by atoms with Crippen molar-refractivity contribution in [2.45, 2.75) is 26.3 Å². The number of ether oxygens (including phenoxy) is 2. The van der Waals surface area contributed by atoms with Crippen LogP contribution in [0.1, 0.15) is 30.0 Å². The summed E-state index contributed by atoms with van der Waals surface area (Å²) in [7, 11) is 0. The molecule has 0 saturated carbocycles. The fourth-order valence-corrected chi connectivity index (χ4v) is 4.73. The minimum atomic E-state index is -0.0523. The van der Waals surface area contributed by atoms with Crippen LogP contribution in [-0.2, 0) is 17.8 Å². The fraction of sp³-hybridized carbons (Fsp3) is 0.214. The van der Waals surface area contributed by atoms with Gasteiger partial charge in [0.05, 0.1) is 24.7 Å². The number of amides is 1. The second-order valence-corrected chi connectivity index (χ2v) is 9.55. The Hall–Kier alpha value is -3.09. The molecular weight excluding hydrogens is 462 g/mol. The Kier molecular flexibility index (Phi) is 8.39. The Morgan fingerprint density at radius 3 is 2.09 bits per heavy atom. The zero-order chi connectivity index (χ0) is 23.8. The van der Waals surface area contributed by atoms with Crippen molar-refractivity contribution < 1.29 is 14.3 Å². The van der Waals surface area contributed by atoms with Crippen molar-refractivity contribution in [1.29, 1.82) is 0 Å². The predicted octanol–water partition coefficient (Wildman–Crippen LogP) is 6.50. The number of carbonyl (C=O) groups excluding carboxylic acids is 1. The van der Waals surface area contributed by atoms with E-state index in [1.807, 2.05) is 72.8 Å². The Labute approximate surface area is 210 Å². The van der Waals surface area contributed by atoms with E-state index in [0.29, 0.717) is 29.0 Å². The Morgan fingerprint density at radius 2 is 1.47 bits per heavy atom. The normalized spacial score (nSPS) is 14.6. The van der Waals surface area contributed by atoms with Crippen molar-refractivity contribution in [3.63, 3.8) is 0 Å². The molecule has 0 aromatic heterocycles. The first-order valence-corrected chi connectivity index (χ1v) is 12.6. The summed E-state index contributed by atoms with van der Waals surface area (Å²) in [6.45, 7) is 3.81. The molecule has 3 aromatic rings. The van der Waals surface area contributed by atoms with E-state index in [9.17, 15) is 4.79 Å². The number of thiocarbonyl (C=S) groups is 1. The van der Waals surface area contributed by atoms with E-state index >= 15 is 0 Å². The molecule has 0 aliphatic carbocycles. The summed E-state index contributed by atoms with van der Waals surface area (Å²) >= 11 is 6.78. The molecule has 1 heterocycles. The number of hydrogen-bond acceptors (Lipinski definition) is 5. The number of rotatable bonds is 10. The summed E-state index contributed by atoms with van der Waals surface area (Å²) < 4.78 is 12.2. The highest BCUT2D eigenvalue weighted by Crippen LogP contribution is 2.33. The Bertz CT molecular complexity index is 1140. The molecule has 1 fully saturated rings. The van der Waals surface area contributed by atoms with Crippen LogP contribution in [0.4, 0.5) is 0 Å². The van der Waals surface area contributed by atoms with Gasteiger partial charge in [-0.15, -0.1) is 0 Å². The molecule has 4 nitrogen and oxygen atoms in total. The molecule has 0 bridgehead atoms. The molecular formula is C28H27NO3S2. The van der Waals surface area contributed by atoms with Gasteiger partial charge in [-0.2, -0.15) is 0 Å². The van der Waals surface area contributed by atoms with Crippen LogP contribution in [0.5, 0.6) is 11.5 Å². The first kappa shape index (κ1) is 24.0. The second kappa shape index (κ2) is 11.9. The second-order valence-electron chi connectivity index (χ2n) is 7.87. The molecule has 0 radical (unpaired) electrons. The third-order valence-corrected chi connectivity index (χ3v) is 6.77. The number of nitrogens with zero attached hydrogens (tertiary/aromatic N) is 1. The van der Waals surface area contributed by atoms with Crippen LogP contribution < -0.4 is 9.47 Å². The number of hydrogen-bond donors (Lipinski definition) is 0. The van der Waals surface area contributed by atoms with Gasteiger partial charge >= 0.3 is 0 Å². The van der Waals surface area contributed by atoms with Crippen molar-refractivity contribution in [1.82, 2.24) is 4.90 Å². The van der Waals surface area contributed by atoms with Crippen LogP contribution in [0.2, 0.25) is 0 Å². The molecule has 0 N–H and O–H groups in total. The monoisotopic (exact) mass is 489 g/mol. The Balaban J connectivity index is 1.24. The van der Waals surface area contributed by atoms with E-state index < -0.39 is 0 Å². The maximum absolute atomic E-state index is 12.8. The lowest BCUT2D eigenvalue weighted by Gasteiger charge is -2.14. The van der Waals surface area contributed by atoms with Gasteiger partial charge in [-0.1, -0.05) is 85.5 Å². The first-order chi connectivity index (χ1) is 16.6. The summed E-state index contributed by atoms with van der Waals surface area (Å²) in [6.07, 6.45) is 3.70. The molecule has 1 amide bonds. The van der Waals surface area contributed by atoms with Gasteiger partial charge in [0, 0.05) is 6.42 Å². The largest absolute Gasteiger partial charge is 0.493 e. The fourth-order valence-electron chi connectivity index (χ4n) is 3.47. The van der Waals surface area contributed by atoms with Gasteiger partial charge in [0.1, 0.15) is 15.8 Å². The summed E-state index contributed by atoms with van der Waals surface area (Å²) in [5.74, 6) is 1.63. The maximum atomic E-state index is 12.8. The summed E-state index contributed by atoms with van der Waals surface area (Å²) in [5, 5.41) is 0. The van der Waals surface area contributed by atoms with Gasteiger partial charge in [-0.3, -0.25) is 9.69 Å². The lowest BCUT2D eigenvalue weighted by atomic mass is 10.2. The predicted molar refractivity (Wildman–Crippen MR) is 143 cm³/mol. The van der Waals surface area contributed by atoms with E-state index in [-0.39, 0.29) is 5.91 Å². The molecule has 34 heavy (non-hydrogen) atoms. The van der Waals surface area contributed by atoms with Gasteiger partial charge in [0.15, 0.2) is 0 Å². The van der Waals surface area contributed by atoms with Crippen LogP contribution >= 0.6 is 24.0 Å². The van der Waals surface area contributed by atoms with Crippen LogP contribution in [-0.4, -0.2) is 28.3 Å². The summed E-state index contributed by atoms with van der Waals surface area (Å²) in [5.41, 5.74) is 3.30. The quantitative estimate of drug-likeness (QED) is 0.185. The molecule has 0 unspecified atom stereocenters. The smallest absolute Gasteiger partial charge is 0.266 e. The minimum absolute atomic E-state index is 0.0523. The highest BCUT2D eigenvalue weighted by molar-refractivity contribution is 8.26. The average molecular weight is 490 g/mol. The third-order valence-electron chi connectivity index (χ3n) is 5.39. The number of benzene rings is 3. The molecule has 4 rings (SSSR count). The highest BCUT2D eigenvalue weighted by atomic mass is 32.2. The van der Waals surface area contributed by atoms with Crippen LogP contribution in [0.15, 0.2) is 83.8 Å². The molecule has 174 valence electrons. The van der Waals surface area contributed by atoms with E-state index in [1.54, 1.807) is 4.90 Å². The summed E-state index contributed by atoms with van der Waals surface area (Å²) in [4.78, 5) is 15.1. The van der Waals surface area contributed by atoms with E-state index in [0.717, 1.165) is 35.5 Å².